The Morgan fingerprint density at radius 3 is 2.27 bits per heavy atom. The van der Waals surface area contributed by atoms with E-state index in [2.05, 4.69) is 10.5 Å². The number of phenols is 1. The Bertz CT molecular complexity index is 1490. The first-order valence-corrected chi connectivity index (χ1v) is 11.7. The maximum absolute atomic E-state index is 12.4. The first-order valence-electron chi connectivity index (χ1n) is 11.7. The minimum atomic E-state index is -0.381. The zero-order valence-electron chi connectivity index (χ0n) is 19.9. The van der Waals surface area contributed by atoms with Crippen LogP contribution >= 0.6 is 0 Å². The van der Waals surface area contributed by atoms with E-state index in [-0.39, 0.29) is 11.7 Å². The van der Waals surface area contributed by atoms with Crippen LogP contribution in [0.4, 0.5) is 0 Å². The van der Waals surface area contributed by atoms with Crippen molar-refractivity contribution < 1.29 is 14.6 Å². The second-order valence-corrected chi connectivity index (χ2v) is 8.26. The summed E-state index contributed by atoms with van der Waals surface area (Å²) in [6.45, 7) is 0.488. The number of ether oxygens (including phenoxy) is 1. The maximum Gasteiger partial charge on any atom is 0.271 e. The van der Waals surface area contributed by atoms with Gasteiger partial charge in [-0.15, -0.1) is 0 Å². The van der Waals surface area contributed by atoms with E-state index in [0.29, 0.717) is 17.9 Å². The molecule has 2 N–H and O–H groups in total. The molecule has 182 valence electrons. The van der Waals surface area contributed by atoms with Gasteiger partial charge in [0.15, 0.2) is 0 Å². The lowest BCUT2D eigenvalue weighted by atomic mass is 10.1. The number of aromatic nitrogens is 2. The highest BCUT2D eigenvalue weighted by molar-refractivity contribution is 5.95. The van der Waals surface area contributed by atoms with Gasteiger partial charge >= 0.3 is 0 Å². The predicted molar refractivity (Wildman–Crippen MR) is 143 cm³/mol. The molecule has 5 rings (SSSR count). The van der Waals surface area contributed by atoms with Crippen molar-refractivity contribution >= 4 is 12.1 Å². The fraction of sp³-hybridized carbons (Fsp3) is 0.0333. The third kappa shape index (κ3) is 5.91. The molecule has 1 aromatic heterocycles. The van der Waals surface area contributed by atoms with E-state index >= 15 is 0 Å². The quantitative estimate of drug-likeness (QED) is 0.220. The minimum absolute atomic E-state index is 0.0921. The SMILES string of the molecule is O=C(NN=Cc1cn(-c2ccccc2)nc1-c1ccc(OCc2ccccc2)cc1)c1ccc(O)cc1. The number of hydrogen-bond acceptors (Lipinski definition) is 5. The van der Waals surface area contributed by atoms with Crippen molar-refractivity contribution in [1.82, 2.24) is 15.2 Å². The summed E-state index contributed by atoms with van der Waals surface area (Å²) in [5.41, 5.74) is 7.24. The number of carbonyl (C=O) groups excluding carboxylic acids is 1. The lowest BCUT2D eigenvalue weighted by molar-refractivity contribution is 0.0955. The van der Waals surface area contributed by atoms with Crippen LogP contribution < -0.4 is 10.2 Å². The summed E-state index contributed by atoms with van der Waals surface area (Å²) in [5, 5.41) is 18.4. The number of para-hydroxylation sites is 1. The molecule has 0 saturated carbocycles. The van der Waals surface area contributed by atoms with Crippen LogP contribution in [0.15, 0.2) is 120 Å². The number of aromatic hydroxyl groups is 1. The molecular formula is C30H24N4O3. The summed E-state index contributed by atoms with van der Waals surface area (Å²) in [6, 6.07) is 33.4. The Morgan fingerprint density at radius 1 is 0.892 bits per heavy atom. The summed E-state index contributed by atoms with van der Waals surface area (Å²) in [5.74, 6) is 0.467. The van der Waals surface area contributed by atoms with E-state index in [1.54, 1.807) is 10.9 Å². The van der Waals surface area contributed by atoms with Gasteiger partial charge in [0.25, 0.3) is 5.91 Å². The van der Waals surface area contributed by atoms with Gasteiger partial charge in [-0.25, -0.2) is 10.1 Å². The molecular weight excluding hydrogens is 464 g/mol. The number of hydrazone groups is 1. The molecule has 0 saturated heterocycles. The van der Waals surface area contributed by atoms with Crippen LogP contribution in [0.5, 0.6) is 11.5 Å². The number of nitrogens with zero attached hydrogens (tertiary/aromatic N) is 3. The molecule has 7 nitrogen and oxygen atoms in total. The largest absolute Gasteiger partial charge is 0.508 e. The normalized spacial score (nSPS) is 10.9. The van der Waals surface area contributed by atoms with Crippen LogP contribution in [0.3, 0.4) is 0 Å². The standard InChI is InChI=1S/C30H24N4O3/c35-27-15-11-24(12-16-27)30(36)32-31-19-25-20-34(26-9-5-2-6-10-26)33-29(25)23-13-17-28(18-14-23)37-21-22-7-3-1-4-8-22/h1-20,35H,21H2,(H,32,36). The smallest absolute Gasteiger partial charge is 0.271 e. The highest BCUT2D eigenvalue weighted by Gasteiger charge is 2.12. The molecule has 0 aliphatic heterocycles. The number of benzene rings is 4. The summed E-state index contributed by atoms with van der Waals surface area (Å²) in [6.07, 6.45) is 3.43. The van der Waals surface area contributed by atoms with Crippen LogP contribution in [-0.2, 0) is 6.61 Å². The molecule has 0 spiro atoms. The molecule has 0 unspecified atom stereocenters. The van der Waals surface area contributed by atoms with E-state index in [1.165, 1.54) is 24.3 Å². The van der Waals surface area contributed by atoms with Crippen LogP contribution in [0, 0.1) is 0 Å². The Hall–Kier alpha value is -5.17. The number of carbonyl (C=O) groups is 1. The predicted octanol–water partition coefficient (Wildman–Crippen LogP) is 5.59. The van der Waals surface area contributed by atoms with Crippen LogP contribution in [-0.4, -0.2) is 27.0 Å². The topological polar surface area (TPSA) is 88.7 Å². The van der Waals surface area contributed by atoms with Gasteiger partial charge in [-0.05, 0) is 66.2 Å². The van der Waals surface area contributed by atoms with Gasteiger partial charge in [0, 0.05) is 22.9 Å². The van der Waals surface area contributed by atoms with Crippen molar-refractivity contribution in [2.75, 3.05) is 0 Å². The molecule has 37 heavy (non-hydrogen) atoms. The number of rotatable bonds is 8. The highest BCUT2D eigenvalue weighted by Crippen LogP contribution is 2.25. The lowest BCUT2D eigenvalue weighted by Crippen LogP contribution is -2.17. The van der Waals surface area contributed by atoms with Gasteiger partial charge in [0.2, 0.25) is 0 Å². The first-order chi connectivity index (χ1) is 18.2. The van der Waals surface area contributed by atoms with Crippen molar-refractivity contribution in [1.29, 1.82) is 0 Å². The summed E-state index contributed by atoms with van der Waals surface area (Å²) in [4.78, 5) is 12.4. The molecule has 0 bridgehead atoms. The van der Waals surface area contributed by atoms with Crippen LogP contribution in [0.2, 0.25) is 0 Å². The number of amides is 1. The Kier molecular flexibility index (Phi) is 7.04. The van der Waals surface area contributed by atoms with E-state index in [9.17, 15) is 9.90 Å². The zero-order valence-corrected chi connectivity index (χ0v) is 19.9. The second kappa shape index (κ2) is 11.0. The van der Waals surface area contributed by atoms with Crippen molar-refractivity contribution in [3.05, 3.63) is 132 Å². The van der Waals surface area contributed by atoms with Gasteiger partial charge in [-0.1, -0.05) is 48.5 Å². The third-order valence-electron chi connectivity index (χ3n) is 5.64. The third-order valence-corrected chi connectivity index (χ3v) is 5.64. The maximum atomic E-state index is 12.4. The van der Waals surface area contributed by atoms with Crippen LogP contribution in [0.25, 0.3) is 16.9 Å². The fourth-order valence-electron chi connectivity index (χ4n) is 3.71. The lowest BCUT2D eigenvalue weighted by Gasteiger charge is -2.07. The molecule has 0 fully saturated rings. The number of nitrogens with one attached hydrogen (secondary N) is 1. The monoisotopic (exact) mass is 488 g/mol. The van der Waals surface area contributed by atoms with Crippen molar-refractivity contribution in [2.24, 2.45) is 5.10 Å². The van der Waals surface area contributed by atoms with Gasteiger partial charge in [0.1, 0.15) is 23.8 Å². The highest BCUT2D eigenvalue weighted by atomic mass is 16.5. The van der Waals surface area contributed by atoms with E-state index in [0.717, 1.165) is 28.1 Å². The van der Waals surface area contributed by atoms with E-state index in [4.69, 9.17) is 9.84 Å². The average molecular weight is 489 g/mol. The first kappa shape index (κ1) is 23.6. The summed E-state index contributed by atoms with van der Waals surface area (Å²) >= 11 is 0. The van der Waals surface area contributed by atoms with Crippen molar-refractivity contribution in [3.8, 4) is 28.4 Å². The van der Waals surface area contributed by atoms with Crippen LogP contribution in [0.1, 0.15) is 21.5 Å². The molecule has 0 radical (unpaired) electrons. The van der Waals surface area contributed by atoms with Crippen molar-refractivity contribution in [2.45, 2.75) is 6.61 Å². The Balaban J connectivity index is 1.37. The van der Waals surface area contributed by atoms with E-state index in [1.807, 2.05) is 91.1 Å². The molecule has 1 heterocycles. The average Bonchev–Trinajstić information content (AvgIpc) is 3.38. The molecule has 4 aromatic carbocycles. The Morgan fingerprint density at radius 2 is 1.57 bits per heavy atom. The number of hydrogen-bond donors (Lipinski definition) is 2. The summed E-state index contributed by atoms with van der Waals surface area (Å²) < 4.78 is 7.69. The number of phenolic OH excluding ortho intramolecular Hbond substituents is 1. The zero-order chi connectivity index (χ0) is 25.5. The molecule has 1 amide bonds. The molecule has 7 heteroatoms. The van der Waals surface area contributed by atoms with Gasteiger partial charge in [-0.3, -0.25) is 4.79 Å². The molecule has 5 aromatic rings. The van der Waals surface area contributed by atoms with Gasteiger partial charge in [0.05, 0.1) is 11.9 Å². The Labute approximate surface area is 214 Å². The van der Waals surface area contributed by atoms with Gasteiger partial charge in [-0.2, -0.15) is 10.2 Å². The fourth-order valence-corrected chi connectivity index (χ4v) is 3.71. The molecule has 0 atom stereocenters. The van der Waals surface area contributed by atoms with Gasteiger partial charge < -0.3 is 9.84 Å². The van der Waals surface area contributed by atoms with Crippen molar-refractivity contribution in [3.63, 3.8) is 0 Å². The van der Waals surface area contributed by atoms with E-state index < -0.39 is 0 Å². The molecule has 0 aliphatic rings. The second-order valence-electron chi connectivity index (χ2n) is 8.26. The summed E-state index contributed by atoms with van der Waals surface area (Å²) in [7, 11) is 0. The molecule has 0 aliphatic carbocycles. The minimum Gasteiger partial charge on any atom is -0.508 e.